The van der Waals surface area contributed by atoms with Crippen LogP contribution < -0.4 is 5.32 Å². The van der Waals surface area contributed by atoms with E-state index in [9.17, 15) is 14.7 Å². The number of amides is 1. The normalized spacial score (nSPS) is 15.3. The average Bonchev–Trinajstić information content (AvgIpc) is 3.16. The summed E-state index contributed by atoms with van der Waals surface area (Å²) in [6.45, 7) is 0.879. The Morgan fingerprint density at radius 2 is 1.97 bits per heavy atom. The monoisotopic (exact) mass is 434 g/mol. The largest absolute Gasteiger partial charge is 0.465 e. The number of aromatic nitrogens is 2. The number of carboxylic acid groups (broad SMARTS) is 1. The molecule has 1 atom stereocenters. The third-order valence-corrected chi connectivity index (χ3v) is 5.65. The SMILES string of the molecule is COCCN(CC1CC(=O)c2c([nH]c(-c3ccncc3)c2Nc2ccccc2)C1)C(=O)O. The van der Waals surface area contributed by atoms with Crippen molar-refractivity contribution >= 4 is 23.3 Å². The fourth-order valence-electron chi connectivity index (χ4n) is 4.17. The summed E-state index contributed by atoms with van der Waals surface area (Å²) in [6, 6.07) is 13.5. The number of carbonyl (C=O) groups is 2. The van der Waals surface area contributed by atoms with Crippen LogP contribution in [0.4, 0.5) is 16.2 Å². The lowest BCUT2D eigenvalue weighted by molar-refractivity contribution is 0.0891. The maximum Gasteiger partial charge on any atom is 0.407 e. The van der Waals surface area contributed by atoms with Crippen molar-refractivity contribution in [2.45, 2.75) is 12.8 Å². The molecule has 8 heteroatoms. The number of carbonyl (C=O) groups excluding carboxylic acids is 1. The van der Waals surface area contributed by atoms with Gasteiger partial charge in [-0.1, -0.05) is 18.2 Å². The van der Waals surface area contributed by atoms with Crippen molar-refractivity contribution in [3.05, 3.63) is 66.1 Å². The van der Waals surface area contributed by atoms with Gasteiger partial charge in [-0.05, 0) is 36.6 Å². The highest BCUT2D eigenvalue weighted by molar-refractivity contribution is 6.07. The summed E-state index contributed by atoms with van der Waals surface area (Å²) in [7, 11) is 1.54. The van der Waals surface area contributed by atoms with Crippen molar-refractivity contribution in [1.82, 2.24) is 14.9 Å². The second-order valence-electron chi connectivity index (χ2n) is 7.87. The lowest BCUT2D eigenvalue weighted by Crippen LogP contribution is -2.39. The van der Waals surface area contributed by atoms with Gasteiger partial charge in [0.05, 0.1) is 23.6 Å². The molecule has 0 bridgehead atoms. The number of ketones is 1. The van der Waals surface area contributed by atoms with Crippen LogP contribution in [0.2, 0.25) is 0 Å². The van der Waals surface area contributed by atoms with Crippen molar-refractivity contribution < 1.29 is 19.4 Å². The number of anilines is 2. The molecule has 1 aliphatic carbocycles. The van der Waals surface area contributed by atoms with E-state index in [0.717, 1.165) is 28.3 Å². The topological polar surface area (TPSA) is 108 Å². The summed E-state index contributed by atoms with van der Waals surface area (Å²) in [4.78, 5) is 33.7. The molecule has 166 valence electrons. The molecule has 3 N–H and O–H groups in total. The molecule has 0 saturated carbocycles. The molecule has 2 aromatic heterocycles. The molecule has 0 fully saturated rings. The van der Waals surface area contributed by atoms with Crippen molar-refractivity contribution in [2.75, 3.05) is 32.1 Å². The van der Waals surface area contributed by atoms with Gasteiger partial charge in [-0.25, -0.2) is 4.79 Å². The van der Waals surface area contributed by atoms with Crippen LogP contribution in [0.3, 0.4) is 0 Å². The van der Waals surface area contributed by atoms with Crippen molar-refractivity contribution in [3.8, 4) is 11.3 Å². The lowest BCUT2D eigenvalue weighted by Gasteiger charge is -2.27. The highest BCUT2D eigenvalue weighted by atomic mass is 16.5. The Labute approximate surface area is 186 Å². The van der Waals surface area contributed by atoms with Gasteiger partial charge in [0, 0.05) is 56.0 Å². The van der Waals surface area contributed by atoms with E-state index >= 15 is 0 Å². The molecule has 1 aliphatic rings. The van der Waals surface area contributed by atoms with E-state index in [1.54, 1.807) is 12.4 Å². The summed E-state index contributed by atoms with van der Waals surface area (Å²) >= 11 is 0. The Balaban J connectivity index is 1.67. The molecule has 0 aliphatic heterocycles. The zero-order valence-electron chi connectivity index (χ0n) is 17.9. The molecule has 2 heterocycles. The predicted molar refractivity (Wildman–Crippen MR) is 121 cm³/mol. The molecule has 3 aromatic rings. The highest BCUT2D eigenvalue weighted by Gasteiger charge is 2.33. The third-order valence-electron chi connectivity index (χ3n) is 5.65. The van der Waals surface area contributed by atoms with Crippen LogP contribution in [0.5, 0.6) is 0 Å². The standard InChI is InChI=1S/C24H26N4O4/c1-32-12-11-28(24(30)31)15-16-13-19-21(20(29)14-16)23(26-18-5-3-2-4-6-18)22(27-19)17-7-9-25-10-8-17/h2-10,16,26-27H,11-15H2,1H3,(H,30,31). The molecule has 8 nitrogen and oxygen atoms in total. The molecular formula is C24H26N4O4. The van der Waals surface area contributed by atoms with Crippen LogP contribution in [0.25, 0.3) is 11.3 Å². The summed E-state index contributed by atoms with van der Waals surface area (Å²) in [5.41, 5.74) is 4.85. The van der Waals surface area contributed by atoms with Crippen molar-refractivity contribution in [3.63, 3.8) is 0 Å². The number of rotatable bonds is 8. The van der Waals surface area contributed by atoms with Gasteiger partial charge < -0.3 is 25.0 Å². The van der Waals surface area contributed by atoms with E-state index in [-0.39, 0.29) is 24.8 Å². The van der Waals surface area contributed by atoms with E-state index < -0.39 is 6.09 Å². The van der Waals surface area contributed by atoms with E-state index in [4.69, 9.17) is 4.74 Å². The van der Waals surface area contributed by atoms with Crippen molar-refractivity contribution in [2.24, 2.45) is 5.92 Å². The summed E-state index contributed by atoms with van der Waals surface area (Å²) in [5, 5.41) is 12.9. The minimum atomic E-state index is -1.00. The molecule has 0 spiro atoms. The lowest BCUT2D eigenvalue weighted by atomic mass is 9.85. The molecule has 32 heavy (non-hydrogen) atoms. The smallest absolute Gasteiger partial charge is 0.407 e. The second-order valence-corrected chi connectivity index (χ2v) is 7.87. The number of hydrogen-bond donors (Lipinski definition) is 3. The Bertz CT molecular complexity index is 1080. The Morgan fingerprint density at radius 3 is 2.66 bits per heavy atom. The first-order chi connectivity index (χ1) is 15.6. The van der Waals surface area contributed by atoms with Gasteiger partial charge in [-0.15, -0.1) is 0 Å². The quantitative estimate of drug-likeness (QED) is 0.491. The zero-order valence-corrected chi connectivity index (χ0v) is 17.9. The van der Waals surface area contributed by atoms with Gasteiger partial charge in [-0.3, -0.25) is 9.78 Å². The molecular weight excluding hydrogens is 408 g/mol. The number of nitrogens with one attached hydrogen (secondary N) is 2. The average molecular weight is 434 g/mol. The van der Waals surface area contributed by atoms with Crippen LogP contribution in [-0.2, 0) is 11.2 Å². The molecule has 0 radical (unpaired) electrons. The molecule has 1 amide bonds. The van der Waals surface area contributed by atoms with Crippen LogP contribution in [0.1, 0.15) is 22.5 Å². The molecule has 4 rings (SSSR count). The Kier molecular flexibility index (Phi) is 6.51. The first-order valence-electron chi connectivity index (χ1n) is 10.5. The first kappa shape index (κ1) is 21.6. The van der Waals surface area contributed by atoms with Gasteiger partial charge in [0.25, 0.3) is 0 Å². The fraction of sp³-hybridized carbons (Fsp3) is 0.292. The second kappa shape index (κ2) is 9.65. The maximum absolute atomic E-state index is 13.3. The van der Waals surface area contributed by atoms with Crippen LogP contribution in [0.15, 0.2) is 54.9 Å². The van der Waals surface area contributed by atoms with E-state index in [0.29, 0.717) is 25.0 Å². The number of nitrogens with zero attached hydrogens (tertiary/aromatic N) is 2. The molecule has 0 saturated heterocycles. The number of benzene rings is 1. The van der Waals surface area contributed by atoms with Gasteiger partial charge in [0.2, 0.25) is 0 Å². The first-order valence-corrected chi connectivity index (χ1v) is 10.5. The van der Waals surface area contributed by atoms with E-state index in [2.05, 4.69) is 15.3 Å². The van der Waals surface area contributed by atoms with Crippen LogP contribution >= 0.6 is 0 Å². The number of pyridine rings is 1. The third kappa shape index (κ3) is 4.65. The van der Waals surface area contributed by atoms with Gasteiger partial charge in [0.15, 0.2) is 5.78 Å². The predicted octanol–water partition coefficient (Wildman–Crippen LogP) is 4.19. The van der Waals surface area contributed by atoms with E-state index in [1.165, 1.54) is 12.0 Å². The summed E-state index contributed by atoms with van der Waals surface area (Å²) in [6.07, 6.45) is 3.31. The minimum absolute atomic E-state index is 0.00307. The number of Topliss-reactive ketones (excluding diaryl/α,β-unsaturated/α-hetero) is 1. The van der Waals surface area contributed by atoms with Crippen LogP contribution in [-0.4, -0.2) is 58.7 Å². The Hall–Kier alpha value is -3.65. The van der Waals surface area contributed by atoms with Gasteiger partial charge in [-0.2, -0.15) is 0 Å². The zero-order chi connectivity index (χ0) is 22.5. The molecule has 1 aromatic carbocycles. The number of H-pyrrole nitrogens is 1. The van der Waals surface area contributed by atoms with Gasteiger partial charge in [0.1, 0.15) is 0 Å². The molecule has 1 unspecified atom stereocenters. The van der Waals surface area contributed by atoms with Gasteiger partial charge >= 0.3 is 6.09 Å². The summed E-state index contributed by atoms with van der Waals surface area (Å²) < 4.78 is 5.02. The number of aromatic amines is 1. The summed E-state index contributed by atoms with van der Waals surface area (Å²) in [5.74, 6) is -0.0974. The van der Waals surface area contributed by atoms with Crippen molar-refractivity contribution in [1.29, 1.82) is 0 Å². The number of para-hydroxylation sites is 1. The number of fused-ring (bicyclic) bond motifs is 1. The highest BCUT2D eigenvalue weighted by Crippen LogP contribution is 2.39. The maximum atomic E-state index is 13.3. The fourth-order valence-corrected chi connectivity index (χ4v) is 4.17. The number of methoxy groups -OCH3 is 1. The Morgan fingerprint density at radius 1 is 1.22 bits per heavy atom. The van der Waals surface area contributed by atoms with E-state index in [1.807, 2.05) is 42.5 Å². The number of ether oxygens (including phenoxy) is 1. The van der Waals surface area contributed by atoms with Crippen LogP contribution in [0, 0.1) is 5.92 Å². The minimum Gasteiger partial charge on any atom is -0.465 e. The number of hydrogen-bond acceptors (Lipinski definition) is 5.